The summed E-state index contributed by atoms with van der Waals surface area (Å²) in [7, 11) is 0. The van der Waals surface area contributed by atoms with E-state index in [9.17, 15) is 14.4 Å². The summed E-state index contributed by atoms with van der Waals surface area (Å²) in [5, 5.41) is 0. The van der Waals surface area contributed by atoms with Gasteiger partial charge in [-0.3, -0.25) is 19.4 Å². The van der Waals surface area contributed by atoms with Crippen molar-refractivity contribution in [1.82, 2.24) is 4.90 Å². The lowest BCUT2D eigenvalue weighted by Gasteiger charge is -2.36. The number of carbonyl (C=O) groups excluding carboxylic acids is 3. The normalized spacial score (nSPS) is 15.6. The van der Waals surface area contributed by atoms with Crippen molar-refractivity contribution >= 4 is 35.5 Å². The van der Waals surface area contributed by atoms with Crippen molar-refractivity contribution < 1.29 is 23.9 Å². The monoisotopic (exact) mass is 500 g/mol. The Balaban J connectivity index is 1.12. The van der Waals surface area contributed by atoms with Gasteiger partial charge in [-0.2, -0.15) is 0 Å². The fourth-order valence-electron chi connectivity index (χ4n) is 4.61. The van der Waals surface area contributed by atoms with Gasteiger partial charge in [-0.25, -0.2) is 4.79 Å². The quantitative estimate of drug-likeness (QED) is 0.441. The second kappa shape index (κ2) is 11.0. The van der Waals surface area contributed by atoms with Gasteiger partial charge in [0.25, 0.3) is 12.4 Å². The molecule has 0 atom stereocenters. The van der Waals surface area contributed by atoms with E-state index in [1.807, 2.05) is 35.2 Å². The largest absolute Gasteiger partial charge is 0.484 e. The van der Waals surface area contributed by atoms with Gasteiger partial charge in [0.2, 0.25) is 0 Å². The second-order valence-electron chi connectivity index (χ2n) is 8.78. The van der Waals surface area contributed by atoms with Crippen molar-refractivity contribution in [3.05, 3.63) is 78.9 Å². The summed E-state index contributed by atoms with van der Waals surface area (Å²) in [6.07, 6.45) is 0. The minimum atomic E-state index is -0.165. The van der Waals surface area contributed by atoms with Crippen LogP contribution in [0.15, 0.2) is 78.9 Å². The van der Waals surface area contributed by atoms with Crippen molar-refractivity contribution in [3.8, 4) is 11.5 Å². The van der Waals surface area contributed by atoms with Crippen molar-refractivity contribution in [1.29, 1.82) is 0 Å². The van der Waals surface area contributed by atoms with Gasteiger partial charge in [-0.05, 0) is 48.5 Å². The van der Waals surface area contributed by atoms with Crippen LogP contribution in [-0.2, 0) is 9.59 Å². The molecule has 2 heterocycles. The first-order valence-electron chi connectivity index (χ1n) is 12.2. The molecule has 0 bridgehead atoms. The third kappa shape index (κ3) is 5.50. The molecular formula is C28H28N4O5. The molecule has 3 amide bonds. The van der Waals surface area contributed by atoms with E-state index in [2.05, 4.69) is 17.0 Å². The molecule has 2 fully saturated rings. The maximum Gasteiger partial charge on any atom is 0.329 e. The molecule has 0 unspecified atom stereocenters. The molecule has 9 heteroatoms. The number of hydrogen-bond donors (Lipinski definition) is 0. The maximum absolute atomic E-state index is 13.0. The zero-order valence-electron chi connectivity index (χ0n) is 20.4. The molecule has 0 aromatic heterocycles. The number of ether oxygens (including phenoxy) is 2. The summed E-state index contributed by atoms with van der Waals surface area (Å²) >= 11 is 0. The first-order chi connectivity index (χ1) is 18.1. The van der Waals surface area contributed by atoms with Gasteiger partial charge in [0.1, 0.15) is 11.5 Å². The first kappa shape index (κ1) is 24.2. The summed E-state index contributed by atoms with van der Waals surface area (Å²) in [6, 6.07) is 24.1. The van der Waals surface area contributed by atoms with E-state index in [0.717, 1.165) is 18.8 Å². The van der Waals surface area contributed by atoms with Crippen molar-refractivity contribution in [2.24, 2.45) is 0 Å². The van der Waals surface area contributed by atoms with Crippen LogP contribution in [0.1, 0.15) is 0 Å². The lowest BCUT2D eigenvalue weighted by molar-refractivity contribution is -0.133. The van der Waals surface area contributed by atoms with Gasteiger partial charge in [0.15, 0.2) is 6.61 Å². The number of nitrogens with zero attached hydrogens (tertiary/aromatic N) is 4. The van der Waals surface area contributed by atoms with E-state index in [1.54, 1.807) is 46.2 Å². The number of anilines is 3. The predicted octanol–water partition coefficient (Wildman–Crippen LogP) is 3.40. The molecule has 9 nitrogen and oxygen atoms in total. The highest BCUT2D eigenvalue weighted by molar-refractivity contribution is 6.06. The van der Waals surface area contributed by atoms with Crippen LogP contribution in [-0.4, -0.2) is 69.2 Å². The molecule has 0 spiro atoms. The van der Waals surface area contributed by atoms with E-state index >= 15 is 0 Å². The highest BCUT2D eigenvalue weighted by atomic mass is 16.5. The molecule has 2 aliphatic rings. The highest BCUT2D eigenvalue weighted by Gasteiger charge is 2.31. The van der Waals surface area contributed by atoms with Crippen LogP contribution in [0.5, 0.6) is 11.5 Å². The van der Waals surface area contributed by atoms with Crippen LogP contribution in [0, 0.1) is 0 Å². The average molecular weight is 501 g/mol. The lowest BCUT2D eigenvalue weighted by atomic mass is 10.2. The first-order valence-corrected chi connectivity index (χ1v) is 12.2. The Morgan fingerprint density at radius 1 is 0.730 bits per heavy atom. The predicted molar refractivity (Wildman–Crippen MR) is 140 cm³/mol. The summed E-state index contributed by atoms with van der Waals surface area (Å²) in [4.78, 5) is 43.7. The van der Waals surface area contributed by atoms with Crippen LogP contribution >= 0.6 is 0 Å². The Hall–Kier alpha value is -4.53. The third-order valence-electron chi connectivity index (χ3n) is 6.59. The Morgan fingerprint density at radius 2 is 1.41 bits per heavy atom. The Morgan fingerprint density at radius 3 is 2.11 bits per heavy atom. The summed E-state index contributed by atoms with van der Waals surface area (Å²) < 4.78 is 10.6. The summed E-state index contributed by atoms with van der Waals surface area (Å²) in [6.45, 7) is 4.26. The summed E-state index contributed by atoms with van der Waals surface area (Å²) in [5.41, 5.74) is 2.57. The van der Waals surface area contributed by atoms with Crippen LogP contribution < -0.4 is 24.2 Å². The zero-order chi connectivity index (χ0) is 25.6. The molecule has 2 saturated heterocycles. The van der Waals surface area contributed by atoms with Gasteiger partial charge < -0.3 is 19.3 Å². The maximum atomic E-state index is 13.0. The smallest absolute Gasteiger partial charge is 0.329 e. The number of hydrogen-bond acceptors (Lipinski definition) is 6. The number of urea groups is 1. The molecule has 3 aromatic carbocycles. The Kier molecular flexibility index (Phi) is 7.21. The van der Waals surface area contributed by atoms with E-state index in [4.69, 9.17) is 9.47 Å². The molecule has 0 aliphatic carbocycles. The minimum Gasteiger partial charge on any atom is -0.484 e. The fraction of sp³-hybridized carbons (Fsp3) is 0.250. The standard InChI is InChI=1S/C28H28N4O5/c33-21-37-26-8-4-7-24(19-26)32-18-17-31(28(32)35)23-9-11-25(12-10-23)36-20-27(34)30-15-13-29(14-16-30)22-5-2-1-3-6-22/h1-12,19,21H,13-18,20H2. The Bertz CT molecular complexity index is 1240. The van der Waals surface area contributed by atoms with Crippen LogP contribution in [0.3, 0.4) is 0 Å². The molecule has 0 radical (unpaired) electrons. The molecule has 3 aromatic rings. The van der Waals surface area contributed by atoms with Crippen molar-refractivity contribution in [3.63, 3.8) is 0 Å². The topological polar surface area (TPSA) is 82.6 Å². The molecule has 37 heavy (non-hydrogen) atoms. The lowest BCUT2D eigenvalue weighted by Crippen LogP contribution is -2.50. The van der Waals surface area contributed by atoms with Gasteiger partial charge in [0.05, 0.1) is 0 Å². The number of rotatable bonds is 8. The molecular weight excluding hydrogens is 472 g/mol. The third-order valence-corrected chi connectivity index (χ3v) is 6.59. The highest BCUT2D eigenvalue weighted by Crippen LogP contribution is 2.28. The number of amides is 3. The number of para-hydroxylation sites is 1. The molecule has 2 aliphatic heterocycles. The molecule has 5 rings (SSSR count). The van der Waals surface area contributed by atoms with Crippen molar-refractivity contribution in [2.75, 3.05) is 60.6 Å². The van der Waals surface area contributed by atoms with E-state index < -0.39 is 0 Å². The van der Waals surface area contributed by atoms with Crippen LogP contribution in [0.25, 0.3) is 0 Å². The zero-order valence-corrected chi connectivity index (χ0v) is 20.4. The van der Waals surface area contributed by atoms with Crippen molar-refractivity contribution in [2.45, 2.75) is 0 Å². The SMILES string of the molecule is O=COc1cccc(N2CCN(c3ccc(OCC(=O)N4CCN(c5ccccc5)CC4)cc3)C2=O)c1. The molecule has 190 valence electrons. The summed E-state index contributed by atoms with van der Waals surface area (Å²) in [5.74, 6) is 0.915. The van der Waals surface area contributed by atoms with Gasteiger partial charge in [0, 0.05) is 62.4 Å². The van der Waals surface area contributed by atoms with Crippen LogP contribution in [0.4, 0.5) is 21.9 Å². The van der Waals surface area contributed by atoms with Gasteiger partial charge in [-0.15, -0.1) is 0 Å². The minimum absolute atomic E-state index is 0.0275. The second-order valence-corrected chi connectivity index (χ2v) is 8.78. The number of carbonyl (C=O) groups is 3. The van der Waals surface area contributed by atoms with Gasteiger partial charge >= 0.3 is 6.03 Å². The molecule has 0 N–H and O–H groups in total. The Labute approximate surface area is 215 Å². The van der Waals surface area contributed by atoms with E-state index in [0.29, 0.717) is 49.8 Å². The van der Waals surface area contributed by atoms with Gasteiger partial charge in [-0.1, -0.05) is 24.3 Å². The van der Waals surface area contributed by atoms with E-state index in [-0.39, 0.29) is 18.5 Å². The fourth-order valence-corrected chi connectivity index (χ4v) is 4.61. The van der Waals surface area contributed by atoms with Crippen LogP contribution in [0.2, 0.25) is 0 Å². The van der Waals surface area contributed by atoms with E-state index in [1.165, 1.54) is 5.69 Å². The number of piperazine rings is 1. The average Bonchev–Trinajstić information content (AvgIpc) is 3.34. The molecule has 0 saturated carbocycles. The number of benzene rings is 3.